The molecule has 39 heavy (non-hydrogen) atoms. The molecular weight excluding hydrogens is 510 g/mol. The number of hydrogen-bond donors (Lipinski definition) is 1. The minimum absolute atomic E-state index is 0.0125. The number of alkyl halides is 3. The maximum atomic E-state index is 16.5. The topological polar surface area (TPSA) is 53.5 Å². The lowest BCUT2D eigenvalue weighted by Crippen LogP contribution is -2.49. The Balaban J connectivity index is 1.75. The van der Waals surface area contributed by atoms with E-state index in [0.717, 1.165) is 12.6 Å². The number of anilines is 1. The Morgan fingerprint density at radius 2 is 1.85 bits per heavy atom. The first-order valence-corrected chi connectivity index (χ1v) is 13.0. The fourth-order valence-corrected chi connectivity index (χ4v) is 5.10. The van der Waals surface area contributed by atoms with Crippen LogP contribution in [0.25, 0.3) is 32.8 Å². The van der Waals surface area contributed by atoms with Gasteiger partial charge in [0.2, 0.25) is 0 Å². The zero-order chi connectivity index (χ0) is 27.7. The number of aromatic nitrogens is 2. The van der Waals surface area contributed by atoms with Gasteiger partial charge in [-0.2, -0.15) is 23.1 Å². The SMILES string of the molecule is CC1CN(c2nc(OCCCN(C)C)nc3c(F)c(-c4cccc5ccccc45)c(C(F)(F)F)cc23)CCN1. The van der Waals surface area contributed by atoms with Crippen molar-refractivity contribution in [3.8, 4) is 17.1 Å². The molecule has 206 valence electrons. The minimum Gasteiger partial charge on any atom is -0.463 e. The van der Waals surface area contributed by atoms with Gasteiger partial charge >= 0.3 is 12.2 Å². The van der Waals surface area contributed by atoms with Gasteiger partial charge < -0.3 is 19.9 Å². The summed E-state index contributed by atoms with van der Waals surface area (Å²) in [4.78, 5) is 12.7. The molecule has 10 heteroatoms. The zero-order valence-corrected chi connectivity index (χ0v) is 22.1. The predicted octanol–water partition coefficient (Wildman–Crippen LogP) is 5.74. The molecule has 3 aromatic carbocycles. The van der Waals surface area contributed by atoms with Gasteiger partial charge in [-0.15, -0.1) is 0 Å². The van der Waals surface area contributed by atoms with Crippen molar-refractivity contribution in [1.82, 2.24) is 20.2 Å². The largest absolute Gasteiger partial charge is 0.463 e. The van der Waals surface area contributed by atoms with Crippen LogP contribution in [0.1, 0.15) is 18.9 Å². The molecule has 1 N–H and O–H groups in total. The molecule has 0 radical (unpaired) electrons. The number of hydrogen-bond acceptors (Lipinski definition) is 6. The molecule has 0 saturated carbocycles. The lowest BCUT2D eigenvalue weighted by Gasteiger charge is -2.33. The first-order valence-electron chi connectivity index (χ1n) is 13.0. The number of rotatable bonds is 7. The van der Waals surface area contributed by atoms with E-state index in [1.165, 1.54) is 6.07 Å². The van der Waals surface area contributed by atoms with Gasteiger partial charge in [-0.3, -0.25) is 0 Å². The van der Waals surface area contributed by atoms with Crippen molar-refractivity contribution in [2.24, 2.45) is 0 Å². The maximum Gasteiger partial charge on any atom is 0.417 e. The third kappa shape index (κ3) is 5.62. The van der Waals surface area contributed by atoms with Crippen LogP contribution in [0.2, 0.25) is 0 Å². The van der Waals surface area contributed by atoms with Crippen molar-refractivity contribution in [1.29, 1.82) is 0 Å². The Morgan fingerprint density at radius 3 is 2.59 bits per heavy atom. The third-order valence-corrected chi connectivity index (χ3v) is 6.90. The van der Waals surface area contributed by atoms with E-state index in [-0.39, 0.29) is 34.3 Å². The van der Waals surface area contributed by atoms with Crippen LogP contribution >= 0.6 is 0 Å². The second-order valence-corrected chi connectivity index (χ2v) is 10.2. The first kappa shape index (κ1) is 27.1. The number of nitrogens with zero attached hydrogens (tertiary/aromatic N) is 4. The molecule has 6 nitrogen and oxygen atoms in total. The van der Waals surface area contributed by atoms with Crippen molar-refractivity contribution in [2.45, 2.75) is 25.6 Å². The molecule has 0 aliphatic carbocycles. The summed E-state index contributed by atoms with van der Waals surface area (Å²) in [6, 6.07) is 13.0. The van der Waals surface area contributed by atoms with Gasteiger partial charge in [0, 0.05) is 43.2 Å². The normalized spacial score (nSPS) is 16.4. The van der Waals surface area contributed by atoms with Gasteiger partial charge in [-0.05, 0) is 49.8 Å². The standard InChI is InChI=1S/C29H31F4N5O/c1-18-17-38(14-12-34-18)27-22-16-23(29(31,32)33)24(21-11-6-9-19-8-4-5-10-20(19)21)25(30)26(22)35-28(36-27)39-15-7-13-37(2)3/h4-6,8-11,16,18,34H,7,12-15,17H2,1-3H3. The van der Waals surface area contributed by atoms with Gasteiger partial charge in [-0.25, -0.2) is 4.39 Å². The van der Waals surface area contributed by atoms with Gasteiger partial charge in [0.05, 0.1) is 12.2 Å². The number of ether oxygens (including phenoxy) is 1. The molecule has 1 aliphatic rings. The molecule has 0 amide bonds. The molecule has 2 heterocycles. The van der Waals surface area contributed by atoms with E-state index in [0.29, 0.717) is 43.4 Å². The molecule has 1 unspecified atom stereocenters. The summed E-state index contributed by atoms with van der Waals surface area (Å²) in [5.41, 5.74) is -1.62. The van der Waals surface area contributed by atoms with E-state index in [4.69, 9.17) is 4.74 Å². The number of nitrogens with one attached hydrogen (secondary N) is 1. The smallest absolute Gasteiger partial charge is 0.417 e. The Bertz CT molecular complexity index is 1490. The van der Waals surface area contributed by atoms with Crippen LogP contribution in [-0.2, 0) is 6.18 Å². The number of fused-ring (bicyclic) bond motifs is 2. The fourth-order valence-electron chi connectivity index (χ4n) is 5.10. The highest BCUT2D eigenvalue weighted by Gasteiger charge is 2.38. The molecule has 0 spiro atoms. The van der Waals surface area contributed by atoms with Crippen LogP contribution in [-0.4, -0.2) is 67.8 Å². The molecule has 1 fully saturated rings. The molecule has 1 saturated heterocycles. The van der Waals surface area contributed by atoms with Gasteiger partial charge in [0.1, 0.15) is 11.3 Å². The monoisotopic (exact) mass is 541 g/mol. The molecule has 0 bridgehead atoms. The average Bonchev–Trinajstić information content (AvgIpc) is 2.90. The van der Waals surface area contributed by atoms with Crippen LogP contribution in [0.15, 0.2) is 48.5 Å². The first-order chi connectivity index (χ1) is 18.6. The number of halogens is 4. The summed E-state index contributed by atoms with van der Waals surface area (Å²) >= 11 is 0. The van der Waals surface area contributed by atoms with E-state index in [1.54, 1.807) is 36.4 Å². The van der Waals surface area contributed by atoms with Crippen LogP contribution < -0.4 is 15.0 Å². The molecule has 1 aromatic heterocycles. The van der Waals surface area contributed by atoms with E-state index in [9.17, 15) is 13.2 Å². The van der Waals surface area contributed by atoms with Crippen LogP contribution in [0, 0.1) is 5.82 Å². The molecule has 5 rings (SSSR count). The summed E-state index contributed by atoms with van der Waals surface area (Å²) in [6.45, 7) is 4.66. The number of piperazine rings is 1. The van der Waals surface area contributed by atoms with Crippen LogP contribution in [0.4, 0.5) is 23.4 Å². The van der Waals surface area contributed by atoms with Gasteiger partial charge in [0.15, 0.2) is 5.82 Å². The lowest BCUT2D eigenvalue weighted by molar-refractivity contribution is -0.137. The van der Waals surface area contributed by atoms with E-state index >= 15 is 4.39 Å². The average molecular weight is 542 g/mol. The second kappa shape index (κ2) is 10.9. The minimum atomic E-state index is -4.81. The van der Waals surface area contributed by atoms with E-state index in [2.05, 4.69) is 15.3 Å². The second-order valence-electron chi connectivity index (χ2n) is 10.2. The fraction of sp³-hybridized carbons (Fsp3) is 0.379. The van der Waals surface area contributed by atoms with Crippen molar-refractivity contribution in [2.75, 3.05) is 51.8 Å². The number of benzene rings is 3. The summed E-state index contributed by atoms with van der Waals surface area (Å²) in [7, 11) is 3.89. The summed E-state index contributed by atoms with van der Waals surface area (Å²) < 4.78 is 66.0. The Kier molecular flexibility index (Phi) is 7.59. The molecular formula is C29H31F4N5O. The summed E-state index contributed by atoms with van der Waals surface area (Å²) in [6.07, 6.45) is -4.12. The van der Waals surface area contributed by atoms with Crippen LogP contribution in [0.5, 0.6) is 6.01 Å². The Hall–Kier alpha value is -3.50. The van der Waals surface area contributed by atoms with Crippen LogP contribution in [0.3, 0.4) is 0 Å². The van der Waals surface area contributed by atoms with Crippen molar-refractivity contribution >= 4 is 27.5 Å². The third-order valence-electron chi connectivity index (χ3n) is 6.90. The maximum absolute atomic E-state index is 16.5. The Labute approximate surface area is 224 Å². The lowest BCUT2D eigenvalue weighted by atomic mass is 9.92. The molecule has 1 aliphatic heterocycles. The van der Waals surface area contributed by atoms with Crippen molar-refractivity contribution < 1.29 is 22.3 Å². The quantitative estimate of drug-likeness (QED) is 0.238. The van der Waals surface area contributed by atoms with E-state index in [1.807, 2.05) is 30.8 Å². The summed E-state index contributed by atoms with van der Waals surface area (Å²) in [5.74, 6) is -0.800. The molecule has 4 aromatic rings. The highest BCUT2D eigenvalue weighted by Crippen LogP contribution is 2.45. The summed E-state index contributed by atoms with van der Waals surface area (Å²) in [5, 5.41) is 4.56. The Morgan fingerprint density at radius 1 is 1.08 bits per heavy atom. The predicted molar refractivity (Wildman–Crippen MR) is 146 cm³/mol. The van der Waals surface area contributed by atoms with Crippen molar-refractivity contribution in [3.05, 3.63) is 59.9 Å². The van der Waals surface area contributed by atoms with Crippen molar-refractivity contribution in [3.63, 3.8) is 0 Å². The van der Waals surface area contributed by atoms with Gasteiger partial charge in [0.25, 0.3) is 0 Å². The molecule has 1 atom stereocenters. The zero-order valence-electron chi connectivity index (χ0n) is 22.1. The van der Waals surface area contributed by atoms with Gasteiger partial charge in [-0.1, -0.05) is 42.5 Å². The van der Waals surface area contributed by atoms with E-state index < -0.39 is 23.1 Å². The highest BCUT2D eigenvalue weighted by atomic mass is 19.4. The highest BCUT2D eigenvalue weighted by molar-refractivity contribution is 6.02.